The Labute approximate surface area is 189 Å². The second kappa shape index (κ2) is 8.51. The fourth-order valence-corrected chi connectivity index (χ4v) is 4.49. The van der Waals surface area contributed by atoms with Crippen LogP contribution >= 0.6 is 11.8 Å². The van der Waals surface area contributed by atoms with E-state index in [1.807, 2.05) is 84.1 Å². The smallest absolute Gasteiger partial charge is 0.267 e. The Morgan fingerprint density at radius 2 is 1.66 bits per heavy atom. The zero-order chi connectivity index (χ0) is 22.1. The van der Waals surface area contributed by atoms with Crippen LogP contribution in [0.1, 0.15) is 11.1 Å². The second-order valence-electron chi connectivity index (χ2n) is 7.57. The molecule has 0 N–H and O–H groups in total. The number of rotatable bonds is 6. The van der Waals surface area contributed by atoms with E-state index in [0.29, 0.717) is 23.5 Å². The summed E-state index contributed by atoms with van der Waals surface area (Å²) >= 11 is 1.56. The molecule has 3 aromatic carbocycles. The fraction of sp³-hybridized carbons (Fsp3) is 0.160. The van der Waals surface area contributed by atoms with Gasteiger partial charge in [0.25, 0.3) is 5.56 Å². The normalized spacial score (nSPS) is 11.3. The van der Waals surface area contributed by atoms with Crippen LogP contribution in [0.15, 0.2) is 82.7 Å². The van der Waals surface area contributed by atoms with Crippen LogP contribution < -0.4 is 10.3 Å². The van der Waals surface area contributed by atoms with E-state index in [1.54, 1.807) is 16.3 Å². The maximum absolute atomic E-state index is 13.4. The van der Waals surface area contributed by atoms with Crippen LogP contribution in [0.3, 0.4) is 0 Å². The lowest BCUT2D eigenvalue weighted by atomic mass is 10.2. The van der Waals surface area contributed by atoms with E-state index in [4.69, 9.17) is 4.74 Å². The number of nitrogens with zero attached hydrogens (tertiary/aromatic N) is 4. The number of thioether (sulfide) groups is 1. The minimum absolute atomic E-state index is 0.103. The number of hydrogen-bond donors (Lipinski definition) is 0. The molecular formula is C25H22N4O2S. The van der Waals surface area contributed by atoms with Crippen molar-refractivity contribution in [3.8, 4) is 11.4 Å². The van der Waals surface area contributed by atoms with Gasteiger partial charge in [0.2, 0.25) is 5.78 Å². The van der Waals surface area contributed by atoms with Crippen LogP contribution in [-0.4, -0.2) is 31.5 Å². The van der Waals surface area contributed by atoms with Gasteiger partial charge in [0.15, 0.2) is 5.16 Å². The van der Waals surface area contributed by atoms with Gasteiger partial charge in [-0.1, -0.05) is 59.8 Å². The van der Waals surface area contributed by atoms with E-state index in [9.17, 15) is 4.79 Å². The van der Waals surface area contributed by atoms with E-state index >= 15 is 0 Å². The monoisotopic (exact) mass is 442 g/mol. The Balaban J connectivity index is 1.53. The Hall–Kier alpha value is -3.58. The summed E-state index contributed by atoms with van der Waals surface area (Å²) in [6.45, 7) is 4.58. The van der Waals surface area contributed by atoms with E-state index < -0.39 is 0 Å². The standard InChI is InChI=1S/C25H22N4O2S/c1-17-11-13-19(14-12-17)31-15-16-32-25-27-26-24-28(21-9-5-3-7-18(21)2)23(30)20-8-4-6-10-22(20)29(24)25/h3-14H,15-16H2,1-2H3. The first kappa shape index (κ1) is 20.3. The van der Waals surface area contributed by atoms with Gasteiger partial charge in [-0.25, -0.2) is 4.57 Å². The van der Waals surface area contributed by atoms with Crippen molar-refractivity contribution >= 4 is 28.4 Å². The molecule has 0 saturated heterocycles. The fourth-order valence-electron chi connectivity index (χ4n) is 3.73. The third kappa shape index (κ3) is 3.65. The molecule has 7 heteroatoms. The minimum Gasteiger partial charge on any atom is -0.493 e. The molecule has 160 valence electrons. The highest BCUT2D eigenvalue weighted by molar-refractivity contribution is 7.99. The highest BCUT2D eigenvalue weighted by atomic mass is 32.2. The van der Waals surface area contributed by atoms with Gasteiger partial charge >= 0.3 is 0 Å². The summed E-state index contributed by atoms with van der Waals surface area (Å²) in [7, 11) is 0. The zero-order valence-electron chi connectivity index (χ0n) is 17.9. The van der Waals surface area contributed by atoms with Gasteiger partial charge in [-0.2, -0.15) is 0 Å². The lowest BCUT2D eigenvalue weighted by Crippen LogP contribution is -2.22. The largest absolute Gasteiger partial charge is 0.493 e. The number of para-hydroxylation sites is 2. The van der Waals surface area contributed by atoms with Crippen LogP contribution in [-0.2, 0) is 0 Å². The number of aromatic nitrogens is 4. The van der Waals surface area contributed by atoms with E-state index in [1.165, 1.54) is 5.56 Å². The van der Waals surface area contributed by atoms with Crippen molar-refractivity contribution in [2.75, 3.05) is 12.4 Å². The average Bonchev–Trinajstić information content (AvgIpc) is 3.23. The molecule has 0 aliphatic heterocycles. The lowest BCUT2D eigenvalue weighted by molar-refractivity contribution is 0.344. The van der Waals surface area contributed by atoms with Gasteiger partial charge in [0.1, 0.15) is 5.75 Å². The molecule has 32 heavy (non-hydrogen) atoms. The third-order valence-corrected chi connectivity index (χ3v) is 6.25. The predicted octanol–water partition coefficient (Wildman–Crippen LogP) is 4.82. The van der Waals surface area contributed by atoms with Gasteiger partial charge in [-0.15, -0.1) is 10.2 Å². The van der Waals surface area contributed by atoms with Crippen molar-refractivity contribution in [1.82, 2.24) is 19.2 Å². The molecule has 2 heterocycles. The summed E-state index contributed by atoms with van der Waals surface area (Å²) in [6.07, 6.45) is 0. The maximum Gasteiger partial charge on any atom is 0.267 e. The molecule has 5 rings (SSSR count). The van der Waals surface area contributed by atoms with Crippen molar-refractivity contribution < 1.29 is 4.74 Å². The van der Waals surface area contributed by atoms with Gasteiger partial charge in [0.05, 0.1) is 23.2 Å². The van der Waals surface area contributed by atoms with Crippen LogP contribution in [0, 0.1) is 13.8 Å². The first-order chi connectivity index (χ1) is 15.6. The Bertz CT molecular complexity index is 1470. The molecule has 0 bridgehead atoms. The van der Waals surface area contributed by atoms with Crippen molar-refractivity contribution in [3.63, 3.8) is 0 Å². The summed E-state index contributed by atoms with van der Waals surface area (Å²) in [4.78, 5) is 13.4. The highest BCUT2D eigenvalue weighted by Gasteiger charge is 2.18. The number of fused-ring (bicyclic) bond motifs is 3. The molecule has 0 atom stereocenters. The topological polar surface area (TPSA) is 61.4 Å². The van der Waals surface area contributed by atoms with Crippen molar-refractivity contribution in [2.24, 2.45) is 0 Å². The molecule has 0 fully saturated rings. The molecule has 6 nitrogen and oxygen atoms in total. The van der Waals surface area contributed by atoms with E-state index in [-0.39, 0.29) is 5.56 Å². The molecule has 0 radical (unpaired) electrons. The van der Waals surface area contributed by atoms with Gasteiger partial charge in [-0.05, 0) is 49.7 Å². The van der Waals surface area contributed by atoms with Gasteiger partial charge < -0.3 is 4.74 Å². The number of ether oxygens (including phenoxy) is 1. The van der Waals surface area contributed by atoms with E-state index in [2.05, 4.69) is 17.1 Å². The first-order valence-electron chi connectivity index (χ1n) is 10.4. The molecule has 5 aromatic rings. The Kier molecular flexibility index (Phi) is 5.41. The van der Waals surface area contributed by atoms with Gasteiger partial charge in [0, 0.05) is 5.75 Å². The quantitative estimate of drug-likeness (QED) is 0.279. The first-order valence-corrected chi connectivity index (χ1v) is 11.4. The van der Waals surface area contributed by atoms with Crippen molar-refractivity contribution in [2.45, 2.75) is 19.0 Å². The van der Waals surface area contributed by atoms with Crippen molar-refractivity contribution in [3.05, 3.63) is 94.3 Å². The van der Waals surface area contributed by atoms with Crippen LogP contribution in [0.5, 0.6) is 5.75 Å². The van der Waals surface area contributed by atoms with E-state index in [0.717, 1.165) is 27.7 Å². The maximum atomic E-state index is 13.4. The third-order valence-electron chi connectivity index (χ3n) is 5.36. The number of benzene rings is 3. The predicted molar refractivity (Wildman–Crippen MR) is 128 cm³/mol. The van der Waals surface area contributed by atoms with Crippen LogP contribution in [0.2, 0.25) is 0 Å². The molecule has 0 aliphatic carbocycles. The molecule has 0 unspecified atom stereocenters. The lowest BCUT2D eigenvalue weighted by Gasteiger charge is -2.13. The van der Waals surface area contributed by atoms with Crippen LogP contribution in [0.4, 0.5) is 0 Å². The molecule has 0 saturated carbocycles. The zero-order valence-corrected chi connectivity index (χ0v) is 18.7. The Morgan fingerprint density at radius 3 is 2.47 bits per heavy atom. The molecular weight excluding hydrogens is 420 g/mol. The Morgan fingerprint density at radius 1 is 0.906 bits per heavy atom. The average molecular weight is 443 g/mol. The number of aryl methyl sites for hydroxylation is 2. The van der Waals surface area contributed by atoms with Crippen LogP contribution in [0.25, 0.3) is 22.4 Å². The molecule has 0 aliphatic rings. The minimum atomic E-state index is -0.103. The summed E-state index contributed by atoms with van der Waals surface area (Å²) in [5.41, 5.74) is 3.70. The highest BCUT2D eigenvalue weighted by Crippen LogP contribution is 2.24. The second-order valence-corrected chi connectivity index (χ2v) is 8.63. The summed E-state index contributed by atoms with van der Waals surface area (Å²) < 4.78 is 9.46. The SMILES string of the molecule is Cc1ccc(OCCSc2nnc3n(-c4ccccc4C)c(=O)c4ccccc4n23)cc1. The number of hydrogen-bond acceptors (Lipinski definition) is 5. The summed E-state index contributed by atoms with van der Waals surface area (Å²) in [5.74, 6) is 2.05. The molecule has 2 aromatic heterocycles. The summed E-state index contributed by atoms with van der Waals surface area (Å²) in [6, 6.07) is 23.4. The summed E-state index contributed by atoms with van der Waals surface area (Å²) in [5, 5.41) is 10.2. The van der Waals surface area contributed by atoms with Crippen molar-refractivity contribution in [1.29, 1.82) is 0 Å². The molecule has 0 spiro atoms. The van der Waals surface area contributed by atoms with Gasteiger partial charge in [-0.3, -0.25) is 9.20 Å². The molecule has 0 amide bonds.